The van der Waals surface area contributed by atoms with Crippen LogP contribution in [0.4, 0.5) is 0 Å². The summed E-state index contributed by atoms with van der Waals surface area (Å²) in [5.74, 6) is 1.20. The summed E-state index contributed by atoms with van der Waals surface area (Å²) in [5, 5.41) is 9.85. The third kappa shape index (κ3) is 2.26. The first-order chi connectivity index (χ1) is 10.6. The Bertz CT molecular complexity index is 895. The SMILES string of the molecule is COc1ccc(-c2[14cH]oc3cc(O)ccc3c2=O)c(OC)c1. The molecule has 0 aliphatic rings. The second-order valence-electron chi connectivity index (χ2n) is 4.73. The third-order valence-electron chi connectivity index (χ3n) is 3.46. The van der Waals surface area contributed by atoms with E-state index in [1.54, 1.807) is 25.3 Å². The van der Waals surface area contributed by atoms with Crippen LogP contribution in [0.15, 0.2) is 51.9 Å². The Morgan fingerprint density at radius 1 is 1.09 bits per heavy atom. The fourth-order valence-corrected chi connectivity index (χ4v) is 2.32. The highest BCUT2D eigenvalue weighted by Crippen LogP contribution is 2.32. The van der Waals surface area contributed by atoms with E-state index in [-0.39, 0.29) is 11.2 Å². The first-order valence-corrected chi connectivity index (χ1v) is 6.61. The Balaban J connectivity index is 2.25. The van der Waals surface area contributed by atoms with Crippen LogP contribution in [0.5, 0.6) is 17.2 Å². The van der Waals surface area contributed by atoms with E-state index >= 15 is 0 Å². The second-order valence-corrected chi connectivity index (χ2v) is 4.73. The third-order valence-corrected chi connectivity index (χ3v) is 3.46. The van der Waals surface area contributed by atoms with Gasteiger partial charge in [-0.15, -0.1) is 0 Å². The molecule has 0 saturated carbocycles. The lowest BCUT2D eigenvalue weighted by Gasteiger charge is -2.10. The first kappa shape index (κ1) is 14.0. The molecule has 0 amide bonds. The monoisotopic (exact) mass is 300 g/mol. The summed E-state index contributed by atoms with van der Waals surface area (Å²) in [6.45, 7) is 0. The smallest absolute Gasteiger partial charge is 0.200 e. The number of ether oxygens (including phenoxy) is 2. The quantitative estimate of drug-likeness (QED) is 0.804. The van der Waals surface area contributed by atoms with Gasteiger partial charge in [0, 0.05) is 17.7 Å². The molecule has 0 aliphatic heterocycles. The van der Waals surface area contributed by atoms with Gasteiger partial charge in [-0.25, -0.2) is 0 Å². The van der Waals surface area contributed by atoms with Crippen molar-refractivity contribution in [2.75, 3.05) is 14.2 Å². The van der Waals surface area contributed by atoms with Crippen molar-refractivity contribution in [1.29, 1.82) is 0 Å². The van der Waals surface area contributed by atoms with Crippen molar-refractivity contribution in [2.45, 2.75) is 0 Å². The molecule has 1 N–H and O–H groups in total. The Labute approximate surface area is 126 Å². The van der Waals surface area contributed by atoms with Crippen molar-refractivity contribution >= 4 is 11.0 Å². The Morgan fingerprint density at radius 2 is 1.91 bits per heavy atom. The number of aromatic hydroxyl groups is 1. The van der Waals surface area contributed by atoms with Gasteiger partial charge in [0.25, 0.3) is 0 Å². The fraction of sp³-hybridized carbons (Fsp3) is 0.118. The zero-order valence-electron chi connectivity index (χ0n) is 12.1. The van der Waals surface area contributed by atoms with E-state index in [1.165, 1.54) is 31.6 Å². The van der Waals surface area contributed by atoms with Crippen LogP contribution in [0.25, 0.3) is 22.1 Å². The van der Waals surface area contributed by atoms with Crippen LogP contribution in [0.3, 0.4) is 0 Å². The standard InChI is InChI=1S/C17H14O5/c1-20-11-4-6-12(15(8-11)21-2)14-9-22-16-7-10(18)3-5-13(16)17(14)19/h3-9,18H,1-2H3/i9+2. The van der Waals surface area contributed by atoms with Gasteiger partial charge in [-0.05, 0) is 24.3 Å². The topological polar surface area (TPSA) is 68.9 Å². The van der Waals surface area contributed by atoms with Crippen LogP contribution in [0.2, 0.25) is 0 Å². The molecule has 1 aromatic heterocycles. The van der Waals surface area contributed by atoms with E-state index < -0.39 is 0 Å². The van der Waals surface area contributed by atoms with Gasteiger partial charge in [0.15, 0.2) is 0 Å². The first-order valence-electron chi connectivity index (χ1n) is 6.61. The van der Waals surface area contributed by atoms with Gasteiger partial charge in [-0.3, -0.25) is 4.79 Å². The maximum Gasteiger partial charge on any atom is 0.200 e. The van der Waals surface area contributed by atoms with Gasteiger partial charge in [0.1, 0.15) is 29.1 Å². The number of benzene rings is 2. The molecule has 0 saturated heterocycles. The molecule has 0 spiro atoms. The van der Waals surface area contributed by atoms with Crippen LogP contribution in [-0.4, -0.2) is 19.3 Å². The number of rotatable bonds is 3. The number of hydrogen-bond donors (Lipinski definition) is 1. The average Bonchev–Trinajstić information content (AvgIpc) is 2.54. The molecular formula is C17H14O5. The zero-order chi connectivity index (χ0) is 15.7. The van der Waals surface area contributed by atoms with Gasteiger partial charge in [0.2, 0.25) is 5.43 Å². The van der Waals surface area contributed by atoms with Crippen LogP contribution < -0.4 is 14.9 Å². The molecule has 22 heavy (non-hydrogen) atoms. The number of hydrogen-bond acceptors (Lipinski definition) is 5. The molecule has 1 heterocycles. The lowest BCUT2D eigenvalue weighted by Crippen LogP contribution is -2.05. The van der Waals surface area contributed by atoms with Crippen molar-refractivity contribution in [3.8, 4) is 28.4 Å². The average molecular weight is 300 g/mol. The Hall–Kier alpha value is -2.95. The minimum absolute atomic E-state index is 0.0467. The molecule has 5 nitrogen and oxygen atoms in total. The van der Waals surface area contributed by atoms with Gasteiger partial charge < -0.3 is 19.0 Å². The van der Waals surface area contributed by atoms with Gasteiger partial charge in [-0.1, -0.05) is 0 Å². The molecule has 3 rings (SSSR count). The summed E-state index contributed by atoms with van der Waals surface area (Å²) in [4.78, 5) is 12.6. The lowest BCUT2D eigenvalue weighted by molar-refractivity contribution is 0.395. The fourth-order valence-electron chi connectivity index (χ4n) is 2.32. The van der Waals surface area contributed by atoms with Crippen LogP contribution in [0, 0.1) is 0 Å². The highest BCUT2D eigenvalue weighted by atomic mass is 16.5. The predicted molar refractivity (Wildman–Crippen MR) is 82.7 cm³/mol. The normalized spacial score (nSPS) is 10.6. The highest BCUT2D eigenvalue weighted by molar-refractivity contribution is 5.84. The molecule has 0 aliphatic carbocycles. The molecule has 0 fully saturated rings. The summed E-state index contributed by atoms with van der Waals surface area (Å²) in [6, 6.07) is 9.60. The maximum atomic E-state index is 12.6. The molecule has 0 radical (unpaired) electrons. The zero-order valence-corrected chi connectivity index (χ0v) is 12.1. The predicted octanol–water partition coefficient (Wildman–Crippen LogP) is 3.18. The van der Waals surface area contributed by atoms with E-state index in [1.807, 2.05) is 0 Å². The van der Waals surface area contributed by atoms with E-state index in [9.17, 15) is 9.90 Å². The molecule has 2 aromatic carbocycles. The van der Waals surface area contributed by atoms with Crippen molar-refractivity contribution in [3.05, 3.63) is 52.9 Å². The molecule has 0 unspecified atom stereocenters. The molecule has 3 aromatic rings. The molecule has 5 heteroatoms. The van der Waals surface area contributed by atoms with Crippen LogP contribution >= 0.6 is 0 Å². The summed E-state index contributed by atoms with van der Waals surface area (Å²) < 4.78 is 15.9. The molecule has 0 bridgehead atoms. The molecular weight excluding hydrogens is 286 g/mol. The number of phenols is 1. The molecule has 112 valence electrons. The highest BCUT2D eigenvalue weighted by Gasteiger charge is 2.14. The minimum Gasteiger partial charge on any atom is -0.508 e. The summed E-state index contributed by atoms with van der Waals surface area (Å²) in [6.07, 6.45) is 1.37. The van der Waals surface area contributed by atoms with E-state index in [0.29, 0.717) is 33.6 Å². The van der Waals surface area contributed by atoms with Gasteiger partial charge in [0.05, 0.1) is 25.2 Å². The Morgan fingerprint density at radius 3 is 2.64 bits per heavy atom. The van der Waals surface area contributed by atoms with Gasteiger partial charge >= 0.3 is 0 Å². The Kier molecular flexibility index (Phi) is 3.47. The summed E-state index contributed by atoms with van der Waals surface area (Å²) >= 11 is 0. The number of fused-ring (bicyclic) bond motifs is 1. The number of phenolic OH excluding ortho intramolecular Hbond substituents is 1. The minimum atomic E-state index is -0.190. The van der Waals surface area contributed by atoms with Crippen molar-refractivity contribution in [3.63, 3.8) is 0 Å². The lowest BCUT2D eigenvalue weighted by atomic mass is 10.1. The van der Waals surface area contributed by atoms with Crippen LogP contribution in [0.1, 0.15) is 0 Å². The number of methoxy groups -OCH3 is 2. The van der Waals surface area contributed by atoms with Crippen molar-refractivity contribution in [2.24, 2.45) is 0 Å². The van der Waals surface area contributed by atoms with E-state index in [2.05, 4.69) is 0 Å². The van der Waals surface area contributed by atoms with Crippen molar-refractivity contribution < 1.29 is 19.0 Å². The van der Waals surface area contributed by atoms with Crippen molar-refractivity contribution in [1.82, 2.24) is 0 Å². The van der Waals surface area contributed by atoms with Crippen LogP contribution in [-0.2, 0) is 0 Å². The largest absolute Gasteiger partial charge is 0.508 e. The second kappa shape index (κ2) is 5.44. The van der Waals surface area contributed by atoms with E-state index in [4.69, 9.17) is 13.9 Å². The van der Waals surface area contributed by atoms with Gasteiger partial charge in [-0.2, -0.15) is 0 Å². The summed E-state index contributed by atoms with van der Waals surface area (Å²) in [7, 11) is 3.09. The molecule has 0 atom stereocenters. The maximum absolute atomic E-state index is 12.6. The summed E-state index contributed by atoms with van der Waals surface area (Å²) in [5.41, 5.74) is 1.15. The van der Waals surface area contributed by atoms with E-state index in [0.717, 1.165) is 0 Å².